The molecule has 3 nitrogen and oxygen atoms in total. The van der Waals surface area contributed by atoms with Crippen LogP contribution in [0.1, 0.15) is 0 Å². The van der Waals surface area contributed by atoms with Crippen molar-refractivity contribution in [1.82, 2.24) is 0 Å². The zero-order valence-corrected chi connectivity index (χ0v) is 6.67. The van der Waals surface area contributed by atoms with Crippen LogP contribution < -0.4 is 0 Å². The second-order valence-electron chi connectivity index (χ2n) is 1.89. The predicted molar refractivity (Wildman–Crippen MR) is 31.0 cm³/mol. The van der Waals surface area contributed by atoms with E-state index in [-0.39, 0.29) is 0 Å². The van der Waals surface area contributed by atoms with Crippen LogP contribution in [0, 0.1) is 11.3 Å². The fourth-order valence-corrected chi connectivity index (χ4v) is 0.791. The van der Waals surface area contributed by atoms with Crippen molar-refractivity contribution in [1.29, 1.82) is 5.26 Å². The molecule has 1 rings (SSSR count). The molecule has 0 N–H and O–H groups in total. The van der Waals surface area contributed by atoms with Crippen LogP contribution in [0.25, 0.3) is 0 Å². The highest BCUT2D eigenvalue weighted by atomic mass is 35.5. The highest BCUT2D eigenvalue weighted by Gasteiger charge is 2.70. The Balaban J connectivity index is 2.97. The lowest BCUT2D eigenvalue weighted by atomic mass is 10.7. The first-order valence-electron chi connectivity index (χ1n) is 2.49. The van der Waals surface area contributed by atoms with Gasteiger partial charge in [0.25, 0.3) is 0 Å². The van der Waals surface area contributed by atoms with E-state index in [1.807, 2.05) is 0 Å². The normalized spacial score (nSPS) is 53.7. The molecule has 1 aliphatic rings. The fraction of sp³-hybridized carbons (Fsp3) is 0.750. The molecule has 1 aliphatic heterocycles. The first kappa shape index (κ1) is 9.86. The van der Waals surface area contributed by atoms with E-state index in [0.717, 1.165) is 0 Å². The summed E-state index contributed by atoms with van der Waals surface area (Å²) in [6.45, 7) is 0. The Morgan fingerprint density at radius 2 is 1.42 bits per heavy atom. The summed E-state index contributed by atoms with van der Waals surface area (Å²) in [5, 5.41) is 0.518. The average molecular weight is 222 g/mol. The van der Waals surface area contributed by atoms with Crippen molar-refractivity contribution in [3.05, 3.63) is 0 Å². The molecule has 1 heterocycles. The minimum absolute atomic E-state index is 0.692. The lowest BCUT2D eigenvalue weighted by Gasteiger charge is -2.15. The summed E-state index contributed by atoms with van der Waals surface area (Å²) in [5.74, 6) is 0. The van der Waals surface area contributed by atoms with Crippen LogP contribution in [0.4, 0.5) is 13.2 Å². The van der Waals surface area contributed by atoms with E-state index in [1.165, 1.54) is 0 Å². The highest BCUT2D eigenvalue weighted by Crippen LogP contribution is 2.51. The van der Waals surface area contributed by atoms with Crippen LogP contribution in [0.15, 0.2) is 0 Å². The Hall–Kier alpha value is -0.220. The van der Waals surface area contributed by atoms with Gasteiger partial charge < -0.3 is 0 Å². The topological polar surface area (TPSA) is 42.2 Å². The van der Waals surface area contributed by atoms with Gasteiger partial charge in [-0.1, -0.05) is 0 Å². The Morgan fingerprint density at radius 1 is 1.08 bits per heavy atom. The lowest BCUT2D eigenvalue weighted by molar-refractivity contribution is -0.245. The highest BCUT2D eigenvalue weighted by molar-refractivity contribution is 6.32. The van der Waals surface area contributed by atoms with Crippen LogP contribution in [-0.2, 0) is 9.47 Å². The second kappa shape index (κ2) is 2.39. The maximum atomic E-state index is 12.6. The minimum Gasteiger partial charge on any atom is -0.254 e. The van der Waals surface area contributed by atoms with Crippen molar-refractivity contribution in [3.63, 3.8) is 0 Å². The first-order chi connectivity index (χ1) is 5.22. The standard InChI is InChI=1S/C4Cl2F3NO2/c5-3(8)4(6,9)12-2(7,1-10)11-3. The van der Waals surface area contributed by atoms with Gasteiger partial charge in [-0.25, -0.2) is 0 Å². The number of hydrogen-bond donors (Lipinski definition) is 0. The molecule has 0 aromatic heterocycles. The summed E-state index contributed by atoms with van der Waals surface area (Å²) in [5.41, 5.74) is 0. The van der Waals surface area contributed by atoms with Crippen molar-refractivity contribution in [3.8, 4) is 6.07 Å². The van der Waals surface area contributed by atoms with Crippen LogP contribution in [0.3, 0.4) is 0 Å². The maximum absolute atomic E-state index is 12.6. The van der Waals surface area contributed by atoms with E-state index >= 15 is 0 Å². The van der Waals surface area contributed by atoms with Crippen molar-refractivity contribution in [2.75, 3.05) is 0 Å². The first-order valence-corrected chi connectivity index (χ1v) is 3.24. The summed E-state index contributed by atoms with van der Waals surface area (Å²) in [6.07, 6.45) is 0. The summed E-state index contributed by atoms with van der Waals surface area (Å²) in [7, 11) is 0. The van der Waals surface area contributed by atoms with E-state index in [4.69, 9.17) is 5.26 Å². The van der Waals surface area contributed by atoms with Gasteiger partial charge in [-0.2, -0.15) is 18.4 Å². The molecule has 2 atom stereocenters. The number of rotatable bonds is 0. The largest absolute Gasteiger partial charge is 0.421 e. The number of alkyl halides is 5. The van der Waals surface area contributed by atoms with E-state index < -0.39 is 16.7 Å². The Bertz CT molecular complexity index is 235. The van der Waals surface area contributed by atoms with Crippen LogP contribution in [0.2, 0.25) is 0 Å². The van der Waals surface area contributed by atoms with E-state index in [9.17, 15) is 13.2 Å². The molecule has 0 aromatic rings. The number of nitrogens with zero attached hydrogens (tertiary/aromatic N) is 1. The Kier molecular flexibility index (Phi) is 1.96. The second-order valence-corrected chi connectivity index (χ2v) is 2.86. The van der Waals surface area contributed by atoms with Crippen molar-refractivity contribution < 1.29 is 22.6 Å². The third kappa shape index (κ3) is 1.33. The molecule has 0 radical (unpaired) electrons. The quantitative estimate of drug-likeness (QED) is 0.587. The zero-order chi connectivity index (χ0) is 9.62. The molecule has 0 aliphatic carbocycles. The summed E-state index contributed by atoms with van der Waals surface area (Å²) < 4.78 is 44.6. The molecule has 12 heavy (non-hydrogen) atoms. The molecule has 0 amide bonds. The monoisotopic (exact) mass is 221 g/mol. The van der Waals surface area contributed by atoms with Gasteiger partial charge in [0.2, 0.25) is 0 Å². The van der Waals surface area contributed by atoms with Gasteiger partial charge in [0.1, 0.15) is 0 Å². The molecule has 0 spiro atoms. The average Bonchev–Trinajstić information content (AvgIpc) is 1.99. The SMILES string of the molecule is N#CC1(F)OC(F)(Cl)C(F)(Cl)O1. The molecular formula is C4Cl2F3NO2. The van der Waals surface area contributed by atoms with Crippen LogP contribution >= 0.6 is 23.2 Å². The van der Waals surface area contributed by atoms with Gasteiger partial charge in [-0.3, -0.25) is 9.47 Å². The molecule has 0 saturated carbocycles. The smallest absolute Gasteiger partial charge is 0.254 e. The van der Waals surface area contributed by atoms with E-state index in [2.05, 4.69) is 32.7 Å². The van der Waals surface area contributed by atoms with Crippen LogP contribution in [0.5, 0.6) is 0 Å². The van der Waals surface area contributed by atoms with Gasteiger partial charge in [0.05, 0.1) is 0 Å². The number of nitriles is 1. The van der Waals surface area contributed by atoms with Gasteiger partial charge in [0, 0.05) is 0 Å². The summed E-state index contributed by atoms with van der Waals surface area (Å²) >= 11 is 9.22. The number of ether oxygens (including phenoxy) is 2. The lowest BCUT2D eigenvalue weighted by Crippen LogP contribution is -2.34. The summed E-state index contributed by atoms with van der Waals surface area (Å²) in [6, 6.07) is -2.91. The minimum atomic E-state index is -3.72. The van der Waals surface area contributed by atoms with Gasteiger partial charge in [0.15, 0.2) is 6.07 Å². The van der Waals surface area contributed by atoms with Gasteiger partial charge >= 0.3 is 16.7 Å². The molecule has 8 heteroatoms. The van der Waals surface area contributed by atoms with E-state index in [0.29, 0.717) is 6.07 Å². The summed E-state index contributed by atoms with van der Waals surface area (Å²) in [4.78, 5) is 0. The molecule has 1 saturated heterocycles. The molecule has 2 unspecified atom stereocenters. The number of hydrogen-bond acceptors (Lipinski definition) is 3. The van der Waals surface area contributed by atoms with E-state index in [1.54, 1.807) is 0 Å². The third-order valence-electron chi connectivity index (χ3n) is 0.991. The van der Waals surface area contributed by atoms with Gasteiger partial charge in [-0.15, -0.1) is 0 Å². The Morgan fingerprint density at radius 3 is 1.58 bits per heavy atom. The van der Waals surface area contributed by atoms with Gasteiger partial charge in [-0.05, 0) is 23.2 Å². The van der Waals surface area contributed by atoms with Crippen LogP contribution in [-0.4, -0.2) is 16.7 Å². The molecular weight excluding hydrogens is 222 g/mol. The van der Waals surface area contributed by atoms with Crippen molar-refractivity contribution in [2.24, 2.45) is 0 Å². The molecule has 1 fully saturated rings. The van der Waals surface area contributed by atoms with Crippen molar-refractivity contribution >= 4 is 23.2 Å². The maximum Gasteiger partial charge on any atom is 0.421 e. The molecule has 0 aromatic carbocycles. The molecule has 0 bridgehead atoms. The molecule has 68 valence electrons. The van der Waals surface area contributed by atoms with Crippen molar-refractivity contribution in [2.45, 2.75) is 16.7 Å². The zero-order valence-electron chi connectivity index (χ0n) is 5.15. The third-order valence-corrected chi connectivity index (χ3v) is 1.73. The predicted octanol–water partition coefficient (Wildman–Crippen LogP) is 1.90. The Labute approximate surface area is 74.6 Å². The number of halogens is 5. The fourth-order valence-electron chi connectivity index (χ4n) is 0.515.